The molecule has 0 radical (unpaired) electrons. The monoisotopic (exact) mass is 238 g/mol. The number of hydrogen-bond donors (Lipinski definition) is 1. The Hall–Kier alpha value is -0.710. The van der Waals surface area contributed by atoms with Crippen LogP contribution >= 0.6 is 11.3 Å². The fraction of sp³-hybridized carbons (Fsp3) is 0.583. The summed E-state index contributed by atoms with van der Waals surface area (Å²) in [5.74, 6) is 0.232. The number of carbonyl (C=O) groups excluding carboxylic acids is 1. The Labute approximate surface area is 100 Å². The average Bonchev–Trinajstić information content (AvgIpc) is 2.82. The van der Waals surface area contributed by atoms with E-state index in [1.165, 1.54) is 0 Å². The molecule has 0 saturated carbocycles. The molecule has 4 heteroatoms. The van der Waals surface area contributed by atoms with Gasteiger partial charge in [0.25, 0.3) is 0 Å². The van der Waals surface area contributed by atoms with Crippen LogP contribution in [0, 0.1) is 0 Å². The third-order valence-electron chi connectivity index (χ3n) is 3.25. The highest BCUT2D eigenvalue weighted by Gasteiger charge is 2.35. The topological polar surface area (TPSA) is 32.3 Å². The Bertz CT molecular complexity index is 353. The highest BCUT2D eigenvalue weighted by molar-refractivity contribution is 7.08. The Balaban J connectivity index is 2.14. The molecular formula is C12H18N2OS. The van der Waals surface area contributed by atoms with E-state index in [1.54, 1.807) is 11.3 Å². The van der Waals surface area contributed by atoms with Crippen molar-refractivity contribution in [3.8, 4) is 0 Å². The molecule has 0 bridgehead atoms. The molecule has 1 saturated heterocycles. The molecule has 0 amide bonds. The second-order valence-electron chi connectivity index (χ2n) is 4.64. The number of carbonyl (C=O) groups is 1. The third-order valence-corrected chi connectivity index (χ3v) is 3.93. The maximum Gasteiger partial charge on any atom is 0.183 e. The maximum absolute atomic E-state index is 12.4. The van der Waals surface area contributed by atoms with Crippen molar-refractivity contribution in [1.29, 1.82) is 0 Å². The van der Waals surface area contributed by atoms with Gasteiger partial charge in [-0.2, -0.15) is 11.3 Å². The van der Waals surface area contributed by atoms with Gasteiger partial charge in [0.15, 0.2) is 5.78 Å². The first-order chi connectivity index (χ1) is 7.62. The fourth-order valence-corrected chi connectivity index (χ4v) is 2.75. The molecule has 0 aromatic carbocycles. The molecule has 1 aliphatic rings. The van der Waals surface area contributed by atoms with Crippen molar-refractivity contribution in [2.24, 2.45) is 0 Å². The summed E-state index contributed by atoms with van der Waals surface area (Å²) in [5, 5.41) is 7.21. The maximum atomic E-state index is 12.4. The normalized spacial score (nSPS) is 18.6. The summed E-state index contributed by atoms with van der Waals surface area (Å²) in [7, 11) is 0. The van der Waals surface area contributed by atoms with Crippen LogP contribution in [0.15, 0.2) is 16.8 Å². The summed E-state index contributed by atoms with van der Waals surface area (Å²) >= 11 is 1.58. The van der Waals surface area contributed by atoms with Gasteiger partial charge in [-0.3, -0.25) is 9.69 Å². The lowest BCUT2D eigenvalue weighted by molar-refractivity contribution is 0.0603. The first-order valence-corrected chi connectivity index (χ1v) is 6.59. The summed E-state index contributed by atoms with van der Waals surface area (Å²) in [4.78, 5) is 14.6. The zero-order chi connectivity index (χ0) is 11.6. The molecule has 1 N–H and O–H groups in total. The largest absolute Gasteiger partial charge is 0.314 e. The van der Waals surface area contributed by atoms with Crippen LogP contribution in [0.2, 0.25) is 0 Å². The summed E-state index contributed by atoms with van der Waals surface area (Å²) < 4.78 is 0. The minimum Gasteiger partial charge on any atom is -0.314 e. The Morgan fingerprint density at radius 3 is 2.69 bits per heavy atom. The van der Waals surface area contributed by atoms with Crippen LogP contribution in [0.5, 0.6) is 0 Å². The van der Waals surface area contributed by atoms with Crippen LogP contribution in [-0.2, 0) is 0 Å². The Kier molecular flexibility index (Phi) is 3.42. The second kappa shape index (κ2) is 4.65. The van der Waals surface area contributed by atoms with Gasteiger partial charge in [-0.05, 0) is 25.3 Å². The van der Waals surface area contributed by atoms with E-state index in [0.29, 0.717) is 0 Å². The summed E-state index contributed by atoms with van der Waals surface area (Å²) in [6, 6.07) is 1.91. The number of Topliss-reactive ketones (excluding diaryl/α,β-unsaturated/α-hetero) is 1. The van der Waals surface area contributed by atoms with Crippen LogP contribution < -0.4 is 5.32 Å². The number of ketones is 1. The molecule has 1 fully saturated rings. The number of rotatable bonds is 3. The molecule has 0 atom stereocenters. The first kappa shape index (κ1) is 11.8. The molecule has 0 unspecified atom stereocenters. The lowest BCUT2D eigenvalue weighted by atomic mass is 9.92. The van der Waals surface area contributed by atoms with Gasteiger partial charge in [-0.1, -0.05) is 0 Å². The second-order valence-corrected chi connectivity index (χ2v) is 5.42. The van der Waals surface area contributed by atoms with Crippen molar-refractivity contribution in [2.75, 3.05) is 26.2 Å². The molecule has 3 nitrogen and oxygen atoms in total. The molecule has 0 aliphatic carbocycles. The zero-order valence-electron chi connectivity index (χ0n) is 9.82. The predicted molar refractivity (Wildman–Crippen MR) is 67.2 cm³/mol. The van der Waals surface area contributed by atoms with E-state index < -0.39 is 0 Å². The van der Waals surface area contributed by atoms with Crippen molar-refractivity contribution in [3.63, 3.8) is 0 Å². The van der Waals surface area contributed by atoms with Gasteiger partial charge in [-0.25, -0.2) is 0 Å². The lowest BCUT2D eigenvalue weighted by Crippen LogP contribution is -2.56. The van der Waals surface area contributed by atoms with Gasteiger partial charge < -0.3 is 5.32 Å². The lowest BCUT2D eigenvalue weighted by Gasteiger charge is -2.39. The van der Waals surface area contributed by atoms with E-state index in [1.807, 2.05) is 30.7 Å². The van der Waals surface area contributed by atoms with Gasteiger partial charge in [0.1, 0.15) is 0 Å². The van der Waals surface area contributed by atoms with E-state index in [0.717, 1.165) is 31.7 Å². The summed E-state index contributed by atoms with van der Waals surface area (Å²) in [5.41, 5.74) is 0.455. The Morgan fingerprint density at radius 2 is 2.12 bits per heavy atom. The van der Waals surface area contributed by atoms with Crippen LogP contribution in [-0.4, -0.2) is 42.4 Å². The highest BCUT2D eigenvalue weighted by Crippen LogP contribution is 2.22. The number of nitrogens with one attached hydrogen (secondary N) is 1. The first-order valence-electron chi connectivity index (χ1n) is 5.65. The Morgan fingerprint density at radius 1 is 1.44 bits per heavy atom. The number of nitrogens with zero attached hydrogens (tertiary/aromatic N) is 1. The van der Waals surface area contributed by atoms with Crippen LogP contribution in [0.1, 0.15) is 24.2 Å². The van der Waals surface area contributed by atoms with E-state index >= 15 is 0 Å². The van der Waals surface area contributed by atoms with Crippen LogP contribution in [0.25, 0.3) is 0 Å². The van der Waals surface area contributed by atoms with Crippen molar-refractivity contribution < 1.29 is 4.79 Å². The van der Waals surface area contributed by atoms with Crippen molar-refractivity contribution in [2.45, 2.75) is 19.4 Å². The highest BCUT2D eigenvalue weighted by atomic mass is 32.1. The van der Waals surface area contributed by atoms with Crippen molar-refractivity contribution in [1.82, 2.24) is 10.2 Å². The van der Waals surface area contributed by atoms with Crippen LogP contribution in [0.4, 0.5) is 0 Å². The van der Waals surface area contributed by atoms with Gasteiger partial charge in [0, 0.05) is 37.1 Å². The molecule has 0 spiro atoms. The SMILES string of the molecule is CC(C)(C(=O)c1ccsc1)N1CCNCC1. The molecular weight excluding hydrogens is 220 g/mol. The fourth-order valence-electron chi connectivity index (χ4n) is 2.11. The molecule has 1 aromatic heterocycles. The molecule has 1 aliphatic heterocycles. The van der Waals surface area contributed by atoms with E-state index in [2.05, 4.69) is 10.2 Å². The minimum absolute atomic E-state index is 0.232. The number of thiophene rings is 1. The third kappa shape index (κ3) is 2.19. The van der Waals surface area contributed by atoms with Crippen LogP contribution in [0.3, 0.4) is 0 Å². The van der Waals surface area contributed by atoms with Gasteiger partial charge in [0.2, 0.25) is 0 Å². The van der Waals surface area contributed by atoms with E-state index in [9.17, 15) is 4.79 Å². The quantitative estimate of drug-likeness (QED) is 0.812. The summed E-state index contributed by atoms with van der Waals surface area (Å²) in [6.07, 6.45) is 0. The van der Waals surface area contributed by atoms with Gasteiger partial charge in [0.05, 0.1) is 5.54 Å². The predicted octanol–water partition coefficient (Wildman–Crippen LogP) is 1.61. The average molecular weight is 238 g/mol. The van der Waals surface area contributed by atoms with Crippen molar-refractivity contribution >= 4 is 17.1 Å². The molecule has 2 rings (SSSR count). The molecule has 2 heterocycles. The minimum atomic E-state index is -0.386. The molecule has 88 valence electrons. The summed E-state index contributed by atoms with van der Waals surface area (Å²) in [6.45, 7) is 7.89. The zero-order valence-corrected chi connectivity index (χ0v) is 10.6. The van der Waals surface area contributed by atoms with Crippen molar-refractivity contribution in [3.05, 3.63) is 22.4 Å². The van der Waals surface area contributed by atoms with E-state index in [4.69, 9.17) is 0 Å². The van der Waals surface area contributed by atoms with Gasteiger partial charge >= 0.3 is 0 Å². The molecule has 16 heavy (non-hydrogen) atoms. The number of piperazine rings is 1. The standard InChI is InChI=1S/C12H18N2OS/c1-12(2,14-6-4-13-5-7-14)11(15)10-3-8-16-9-10/h3,8-9,13H,4-7H2,1-2H3. The smallest absolute Gasteiger partial charge is 0.183 e. The molecule has 1 aromatic rings. The van der Waals surface area contributed by atoms with E-state index in [-0.39, 0.29) is 11.3 Å². The number of hydrogen-bond acceptors (Lipinski definition) is 4. The van der Waals surface area contributed by atoms with Gasteiger partial charge in [-0.15, -0.1) is 0 Å².